The minimum absolute atomic E-state index is 0.0256. The maximum Gasteiger partial charge on any atom is 0.314 e. The zero-order valence-electron chi connectivity index (χ0n) is 14.4. The maximum atomic E-state index is 12.8. The molecule has 3 heterocycles. The summed E-state index contributed by atoms with van der Waals surface area (Å²) in [6, 6.07) is 1.72. The maximum absolute atomic E-state index is 12.8. The Labute approximate surface area is 145 Å². The van der Waals surface area contributed by atoms with Gasteiger partial charge >= 0.3 is 5.97 Å². The largest absolute Gasteiger partial charge is 0.481 e. The van der Waals surface area contributed by atoms with E-state index < -0.39 is 17.3 Å². The summed E-state index contributed by atoms with van der Waals surface area (Å²) in [4.78, 5) is 40.3. The average Bonchev–Trinajstić information content (AvgIpc) is 3.21. The molecule has 25 heavy (non-hydrogen) atoms. The van der Waals surface area contributed by atoms with E-state index in [1.807, 2.05) is 6.92 Å². The van der Waals surface area contributed by atoms with E-state index in [1.54, 1.807) is 19.2 Å². The number of carboxylic acid groups (broad SMARTS) is 1. The van der Waals surface area contributed by atoms with E-state index >= 15 is 0 Å². The molecule has 2 fully saturated rings. The molecule has 0 unspecified atom stereocenters. The number of nitrogens with zero attached hydrogens (tertiary/aromatic N) is 4. The highest BCUT2D eigenvalue weighted by Crippen LogP contribution is 2.44. The molecule has 1 N–H and O–H groups in total. The zero-order valence-corrected chi connectivity index (χ0v) is 14.4. The van der Waals surface area contributed by atoms with Crippen molar-refractivity contribution < 1.29 is 19.5 Å². The molecule has 0 radical (unpaired) electrons. The molecule has 1 aromatic rings. The van der Waals surface area contributed by atoms with Crippen LogP contribution in [0, 0.1) is 11.3 Å². The quantitative estimate of drug-likeness (QED) is 0.766. The van der Waals surface area contributed by atoms with E-state index in [1.165, 1.54) is 14.5 Å². The number of likely N-dealkylation sites (tertiary alicyclic amines) is 2. The standard InChI is InChI=1S/C17H22N4O4/c1-4-6-20-9-17(16(24)25)10-21(8-12(17)14(20)22)15(23)13-7-11(5-2)18-19(13)3/h4,7,12H,1,5-6,8-10H2,2-3H3,(H,24,25)/t12-,17+/m1/s1. The Morgan fingerprint density at radius 2 is 2.20 bits per heavy atom. The van der Waals surface area contributed by atoms with E-state index in [0.717, 1.165) is 5.69 Å². The number of carboxylic acids is 1. The summed E-state index contributed by atoms with van der Waals surface area (Å²) in [6.07, 6.45) is 2.29. The number of aryl methyl sites for hydroxylation is 2. The van der Waals surface area contributed by atoms with Crippen molar-refractivity contribution in [2.45, 2.75) is 13.3 Å². The van der Waals surface area contributed by atoms with Crippen LogP contribution in [0.5, 0.6) is 0 Å². The van der Waals surface area contributed by atoms with Gasteiger partial charge in [-0.1, -0.05) is 13.0 Å². The predicted molar refractivity (Wildman–Crippen MR) is 88.8 cm³/mol. The second-order valence-corrected chi connectivity index (χ2v) is 6.71. The van der Waals surface area contributed by atoms with Gasteiger partial charge in [0.1, 0.15) is 11.1 Å². The molecule has 0 bridgehead atoms. The van der Waals surface area contributed by atoms with Crippen LogP contribution >= 0.6 is 0 Å². The molecule has 2 aliphatic heterocycles. The molecule has 2 atom stereocenters. The van der Waals surface area contributed by atoms with Crippen molar-refractivity contribution in [3.63, 3.8) is 0 Å². The van der Waals surface area contributed by atoms with Gasteiger partial charge in [0.15, 0.2) is 0 Å². The van der Waals surface area contributed by atoms with Gasteiger partial charge in [-0.25, -0.2) is 0 Å². The van der Waals surface area contributed by atoms with Gasteiger partial charge in [0.2, 0.25) is 5.91 Å². The third kappa shape index (κ3) is 2.52. The summed E-state index contributed by atoms with van der Waals surface area (Å²) in [5.41, 5.74) is -0.0405. The Balaban J connectivity index is 1.87. The molecular formula is C17H22N4O4. The summed E-state index contributed by atoms with van der Waals surface area (Å²) >= 11 is 0. The van der Waals surface area contributed by atoms with E-state index in [0.29, 0.717) is 18.7 Å². The van der Waals surface area contributed by atoms with Gasteiger partial charge in [-0.05, 0) is 12.5 Å². The third-order valence-corrected chi connectivity index (χ3v) is 5.20. The molecule has 2 aliphatic rings. The van der Waals surface area contributed by atoms with Crippen molar-refractivity contribution in [1.82, 2.24) is 19.6 Å². The van der Waals surface area contributed by atoms with Crippen LogP contribution in [-0.4, -0.2) is 68.6 Å². The zero-order chi connectivity index (χ0) is 18.4. The molecule has 1 aromatic heterocycles. The van der Waals surface area contributed by atoms with Crippen LogP contribution in [0.3, 0.4) is 0 Å². The number of fused-ring (bicyclic) bond motifs is 1. The SMILES string of the molecule is C=CCN1C[C@]2(C(=O)O)CN(C(=O)c3cc(CC)nn3C)C[C@@H]2C1=O. The van der Waals surface area contributed by atoms with Crippen molar-refractivity contribution in [3.05, 3.63) is 30.1 Å². The Morgan fingerprint density at radius 1 is 1.48 bits per heavy atom. The Hall–Kier alpha value is -2.64. The van der Waals surface area contributed by atoms with Gasteiger partial charge in [-0.3, -0.25) is 19.1 Å². The summed E-state index contributed by atoms with van der Waals surface area (Å²) in [6.45, 7) is 6.12. The Morgan fingerprint density at radius 3 is 2.72 bits per heavy atom. The number of carbonyl (C=O) groups excluding carboxylic acids is 2. The normalized spacial score (nSPS) is 25.4. The smallest absolute Gasteiger partial charge is 0.314 e. The van der Waals surface area contributed by atoms with E-state index in [2.05, 4.69) is 11.7 Å². The topological polar surface area (TPSA) is 95.7 Å². The number of amides is 2. The fourth-order valence-electron chi connectivity index (χ4n) is 3.83. The van der Waals surface area contributed by atoms with Crippen molar-refractivity contribution >= 4 is 17.8 Å². The van der Waals surface area contributed by atoms with Crippen LogP contribution < -0.4 is 0 Å². The van der Waals surface area contributed by atoms with Crippen LogP contribution in [0.25, 0.3) is 0 Å². The molecule has 0 aliphatic carbocycles. The third-order valence-electron chi connectivity index (χ3n) is 5.20. The van der Waals surface area contributed by atoms with E-state index in [-0.39, 0.29) is 31.4 Å². The molecule has 2 saturated heterocycles. The highest BCUT2D eigenvalue weighted by molar-refractivity contribution is 5.97. The van der Waals surface area contributed by atoms with Crippen LogP contribution in [0.2, 0.25) is 0 Å². The van der Waals surface area contributed by atoms with Crippen LogP contribution in [0.15, 0.2) is 18.7 Å². The van der Waals surface area contributed by atoms with Crippen molar-refractivity contribution in [1.29, 1.82) is 0 Å². The molecule has 134 valence electrons. The van der Waals surface area contributed by atoms with Crippen LogP contribution in [0.1, 0.15) is 23.1 Å². The molecule has 0 spiro atoms. The first-order valence-corrected chi connectivity index (χ1v) is 8.29. The van der Waals surface area contributed by atoms with E-state index in [9.17, 15) is 19.5 Å². The number of aliphatic carboxylic acids is 1. The Kier molecular flexibility index (Phi) is 4.14. The molecule has 8 nitrogen and oxygen atoms in total. The van der Waals surface area contributed by atoms with Crippen LogP contribution in [-0.2, 0) is 23.1 Å². The molecule has 0 saturated carbocycles. The summed E-state index contributed by atoms with van der Waals surface area (Å²) in [5, 5.41) is 14.0. The van der Waals surface area contributed by atoms with Gasteiger partial charge in [-0.15, -0.1) is 6.58 Å². The van der Waals surface area contributed by atoms with Gasteiger partial charge in [0, 0.05) is 33.2 Å². The fraction of sp³-hybridized carbons (Fsp3) is 0.529. The van der Waals surface area contributed by atoms with Gasteiger partial charge < -0.3 is 14.9 Å². The number of rotatable bonds is 5. The second kappa shape index (κ2) is 6.02. The predicted octanol–water partition coefficient (Wildman–Crippen LogP) is 0.154. The minimum Gasteiger partial charge on any atom is -0.481 e. The van der Waals surface area contributed by atoms with Crippen molar-refractivity contribution in [2.24, 2.45) is 18.4 Å². The van der Waals surface area contributed by atoms with Gasteiger partial charge in [-0.2, -0.15) is 5.10 Å². The first-order chi connectivity index (χ1) is 11.8. The van der Waals surface area contributed by atoms with Crippen LogP contribution in [0.4, 0.5) is 0 Å². The minimum atomic E-state index is -1.25. The highest BCUT2D eigenvalue weighted by Gasteiger charge is 2.62. The summed E-state index contributed by atoms with van der Waals surface area (Å²) in [7, 11) is 1.69. The number of aromatic nitrogens is 2. The van der Waals surface area contributed by atoms with Crippen molar-refractivity contribution in [3.8, 4) is 0 Å². The summed E-state index contributed by atoms with van der Waals surface area (Å²) in [5.74, 6) is -2.26. The molecule has 2 amide bonds. The lowest BCUT2D eigenvalue weighted by Gasteiger charge is -2.24. The summed E-state index contributed by atoms with van der Waals surface area (Å²) < 4.78 is 1.51. The number of hydrogen-bond acceptors (Lipinski definition) is 4. The monoisotopic (exact) mass is 346 g/mol. The lowest BCUT2D eigenvalue weighted by atomic mass is 9.81. The lowest BCUT2D eigenvalue weighted by molar-refractivity contribution is -0.149. The lowest BCUT2D eigenvalue weighted by Crippen LogP contribution is -2.42. The van der Waals surface area contributed by atoms with Gasteiger partial charge in [0.25, 0.3) is 5.91 Å². The second-order valence-electron chi connectivity index (χ2n) is 6.71. The van der Waals surface area contributed by atoms with E-state index in [4.69, 9.17) is 0 Å². The Bertz CT molecular complexity index is 756. The first kappa shape index (κ1) is 17.2. The van der Waals surface area contributed by atoms with Crippen molar-refractivity contribution in [2.75, 3.05) is 26.2 Å². The number of carbonyl (C=O) groups is 3. The fourth-order valence-corrected chi connectivity index (χ4v) is 3.83. The average molecular weight is 346 g/mol. The molecule has 0 aromatic carbocycles. The molecule has 8 heteroatoms. The molecule has 3 rings (SSSR count). The number of hydrogen-bond donors (Lipinski definition) is 1. The van der Waals surface area contributed by atoms with Gasteiger partial charge in [0.05, 0.1) is 11.6 Å². The highest BCUT2D eigenvalue weighted by atomic mass is 16.4. The molecular weight excluding hydrogens is 324 g/mol. The first-order valence-electron chi connectivity index (χ1n) is 8.29.